The van der Waals surface area contributed by atoms with Crippen molar-refractivity contribution in [3.8, 4) is 0 Å². The fourth-order valence-electron chi connectivity index (χ4n) is 1.13. The fraction of sp³-hybridized carbons (Fsp3) is 0.889. The first-order valence-corrected chi connectivity index (χ1v) is 4.41. The maximum atomic E-state index is 10.5. The van der Waals surface area contributed by atoms with Gasteiger partial charge in [-0.25, -0.2) is 0 Å². The van der Waals surface area contributed by atoms with E-state index in [0.29, 0.717) is 6.54 Å². The molecule has 0 amide bonds. The molecule has 0 aliphatic carbocycles. The van der Waals surface area contributed by atoms with Crippen molar-refractivity contribution in [3.05, 3.63) is 0 Å². The molecule has 4 nitrogen and oxygen atoms in total. The van der Waals surface area contributed by atoms with Crippen LogP contribution in [0.15, 0.2) is 0 Å². The number of nitrogens with zero attached hydrogens (tertiary/aromatic N) is 1. The van der Waals surface area contributed by atoms with Crippen LogP contribution in [0.1, 0.15) is 13.8 Å². The average Bonchev–Trinajstić information content (AvgIpc) is 2.03. The molecule has 13 heavy (non-hydrogen) atoms. The molecule has 0 aromatic rings. The minimum Gasteiger partial charge on any atom is -0.481 e. The number of methoxy groups -OCH3 is 1. The number of carboxylic acid groups (broad SMARTS) is 1. The zero-order valence-corrected chi connectivity index (χ0v) is 8.78. The van der Waals surface area contributed by atoms with Crippen LogP contribution in [0.3, 0.4) is 0 Å². The van der Waals surface area contributed by atoms with Crippen LogP contribution in [-0.4, -0.2) is 49.3 Å². The van der Waals surface area contributed by atoms with Crippen LogP contribution in [-0.2, 0) is 9.53 Å². The normalized spacial score (nSPS) is 15.8. The molecule has 0 spiro atoms. The first kappa shape index (κ1) is 12.4. The van der Waals surface area contributed by atoms with E-state index in [1.807, 2.05) is 18.9 Å². The summed E-state index contributed by atoms with van der Waals surface area (Å²) in [5.74, 6) is -1.08. The standard InChI is InChI=1S/C9H19NO3/c1-7(9(11)12)5-10(3)6-8(2)13-4/h7-8H,5-6H2,1-4H3,(H,11,12). The third kappa shape index (κ3) is 5.60. The summed E-state index contributed by atoms with van der Waals surface area (Å²) in [7, 11) is 3.55. The summed E-state index contributed by atoms with van der Waals surface area (Å²) in [6.45, 7) is 4.98. The zero-order valence-electron chi connectivity index (χ0n) is 8.78. The minimum atomic E-state index is -0.753. The molecule has 2 atom stereocenters. The van der Waals surface area contributed by atoms with Crippen molar-refractivity contribution >= 4 is 5.97 Å². The predicted molar refractivity (Wildman–Crippen MR) is 50.8 cm³/mol. The third-order valence-electron chi connectivity index (χ3n) is 1.98. The number of ether oxygens (including phenoxy) is 1. The molecule has 0 fully saturated rings. The SMILES string of the molecule is COC(C)CN(C)CC(C)C(=O)O. The summed E-state index contributed by atoms with van der Waals surface area (Å²) in [6, 6.07) is 0. The lowest BCUT2D eigenvalue weighted by Gasteiger charge is -2.21. The second-order valence-corrected chi connectivity index (χ2v) is 3.51. The first-order chi connectivity index (χ1) is 5.97. The van der Waals surface area contributed by atoms with Gasteiger partial charge in [-0.15, -0.1) is 0 Å². The highest BCUT2D eigenvalue weighted by Gasteiger charge is 2.14. The van der Waals surface area contributed by atoms with Gasteiger partial charge < -0.3 is 14.7 Å². The summed E-state index contributed by atoms with van der Waals surface area (Å²) in [6.07, 6.45) is 0.144. The van der Waals surface area contributed by atoms with Gasteiger partial charge in [-0.3, -0.25) is 4.79 Å². The van der Waals surface area contributed by atoms with Gasteiger partial charge >= 0.3 is 5.97 Å². The number of carboxylic acids is 1. The van der Waals surface area contributed by atoms with Crippen molar-refractivity contribution in [1.82, 2.24) is 4.90 Å². The summed E-state index contributed by atoms with van der Waals surface area (Å²) < 4.78 is 5.07. The van der Waals surface area contributed by atoms with E-state index in [4.69, 9.17) is 9.84 Å². The summed E-state index contributed by atoms with van der Waals surface area (Å²) in [5.41, 5.74) is 0. The van der Waals surface area contributed by atoms with E-state index in [-0.39, 0.29) is 12.0 Å². The molecule has 0 bridgehead atoms. The number of rotatable bonds is 6. The van der Waals surface area contributed by atoms with Gasteiger partial charge in [-0.05, 0) is 14.0 Å². The van der Waals surface area contributed by atoms with E-state index in [0.717, 1.165) is 6.54 Å². The largest absolute Gasteiger partial charge is 0.481 e. The molecule has 0 saturated heterocycles. The van der Waals surface area contributed by atoms with Gasteiger partial charge in [0.15, 0.2) is 0 Å². The number of hydrogen-bond acceptors (Lipinski definition) is 3. The van der Waals surface area contributed by atoms with E-state index in [9.17, 15) is 4.79 Å². The first-order valence-electron chi connectivity index (χ1n) is 4.41. The Morgan fingerprint density at radius 3 is 2.38 bits per heavy atom. The van der Waals surface area contributed by atoms with Gasteiger partial charge in [-0.1, -0.05) is 6.92 Å². The quantitative estimate of drug-likeness (QED) is 0.667. The second-order valence-electron chi connectivity index (χ2n) is 3.51. The Morgan fingerprint density at radius 2 is 2.00 bits per heavy atom. The maximum Gasteiger partial charge on any atom is 0.307 e. The van der Waals surface area contributed by atoms with Gasteiger partial charge in [0, 0.05) is 20.2 Å². The molecular formula is C9H19NO3. The number of aliphatic carboxylic acids is 1. The van der Waals surface area contributed by atoms with Crippen LogP contribution >= 0.6 is 0 Å². The average molecular weight is 189 g/mol. The molecule has 0 heterocycles. The smallest absolute Gasteiger partial charge is 0.307 e. The van der Waals surface area contributed by atoms with E-state index in [1.54, 1.807) is 14.0 Å². The second kappa shape index (κ2) is 5.94. The summed E-state index contributed by atoms with van der Waals surface area (Å²) in [5, 5.41) is 8.66. The van der Waals surface area contributed by atoms with Gasteiger partial charge in [0.2, 0.25) is 0 Å². The fourth-order valence-corrected chi connectivity index (χ4v) is 1.13. The summed E-state index contributed by atoms with van der Waals surface area (Å²) >= 11 is 0. The topological polar surface area (TPSA) is 49.8 Å². The van der Waals surface area contributed by atoms with Crippen LogP contribution < -0.4 is 0 Å². The van der Waals surface area contributed by atoms with E-state index >= 15 is 0 Å². The Hall–Kier alpha value is -0.610. The Labute approximate surface area is 79.5 Å². The Morgan fingerprint density at radius 1 is 1.46 bits per heavy atom. The highest BCUT2D eigenvalue weighted by atomic mass is 16.5. The Bertz CT molecular complexity index is 161. The predicted octanol–water partition coefficient (Wildman–Crippen LogP) is 0.674. The van der Waals surface area contributed by atoms with E-state index in [1.165, 1.54) is 0 Å². The highest BCUT2D eigenvalue weighted by Crippen LogP contribution is 2.00. The lowest BCUT2D eigenvalue weighted by atomic mass is 10.2. The molecule has 0 saturated carbocycles. The molecule has 4 heteroatoms. The van der Waals surface area contributed by atoms with E-state index < -0.39 is 5.97 Å². The highest BCUT2D eigenvalue weighted by molar-refractivity contribution is 5.69. The van der Waals surface area contributed by atoms with E-state index in [2.05, 4.69) is 0 Å². The van der Waals surface area contributed by atoms with Crippen LogP contribution in [0.4, 0.5) is 0 Å². The van der Waals surface area contributed by atoms with Crippen molar-refractivity contribution in [2.75, 3.05) is 27.2 Å². The van der Waals surface area contributed by atoms with Crippen molar-refractivity contribution in [2.24, 2.45) is 5.92 Å². The monoisotopic (exact) mass is 189 g/mol. The molecular weight excluding hydrogens is 170 g/mol. The molecule has 0 radical (unpaired) electrons. The number of likely N-dealkylation sites (N-methyl/N-ethyl adjacent to an activating group) is 1. The molecule has 0 aromatic carbocycles. The number of carbonyl (C=O) groups is 1. The van der Waals surface area contributed by atoms with Crippen LogP contribution in [0.25, 0.3) is 0 Å². The van der Waals surface area contributed by atoms with Crippen LogP contribution in [0.5, 0.6) is 0 Å². The summed E-state index contributed by atoms with van der Waals surface area (Å²) in [4.78, 5) is 12.5. The molecule has 1 N–H and O–H groups in total. The van der Waals surface area contributed by atoms with Crippen LogP contribution in [0.2, 0.25) is 0 Å². The van der Waals surface area contributed by atoms with Crippen molar-refractivity contribution in [3.63, 3.8) is 0 Å². The molecule has 78 valence electrons. The van der Waals surface area contributed by atoms with Crippen LogP contribution in [0, 0.1) is 5.92 Å². The molecule has 0 aliphatic heterocycles. The maximum absolute atomic E-state index is 10.5. The molecule has 0 rings (SSSR count). The molecule has 0 aliphatic rings. The minimum absolute atomic E-state index is 0.144. The Kier molecular flexibility index (Phi) is 5.66. The van der Waals surface area contributed by atoms with Crippen molar-refractivity contribution in [2.45, 2.75) is 20.0 Å². The van der Waals surface area contributed by atoms with Crippen molar-refractivity contribution < 1.29 is 14.6 Å². The van der Waals surface area contributed by atoms with Gasteiger partial charge in [0.25, 0.3) is 0 Å². The molecule has 2 unspecified atom stereocenters. The van der Waals surface area contributed by atoms with Gasteiger partial charge in [0.1, 0.15) is 0 Å². The van der Waals surface area contributed by atoms with Crippen molar-refractivity contribution in [1.29, 1.82) is 0 Å². The Balaban J connectivity index is 3.73. The zero-order chi connectivity index (χ0) is 10.4. The van der Waals surface area contributed by atoms with Gasteiger partial charge in [0.05, 0.1) is 12.0 Å². The third-order valence-corrected chi connectivity index (χ3v) is 1.98. The lowest BCUT2D eigenvalue weighted by molar-refractivity contribution is -0.141. The number of hydrogen-bond donors (Lipinski definition) is 1. The van der Waals surface area contributed by atoms with Gasteiger partial charge in [-0.2, -0.15) is 0 Å². The molecule has 0 aromatic heterocycles. The lowest BCUT2D eigenvalue weighted by Crippen LogP contribution is -2.34.